The number of hydrogen-bond donors (Lipinski definition) is 0. The van der Waals surface area contributed by atoms with Crippen molar-refractivity contribution in [2.24, 2.45) is 0 Å². The first kappa shape index (κ1) is 9.81. The van der Waals surface area contributed by atoms with Crippen LogP contribution in [0.2, 0.25) is 0 Å². The van der Waals surface area contributed by atoms with E-state index in [1.165, 1.54) is 0 Å². The highest BCUT2D eigenvalue weighted by molar-refractivity contribution is 6.15. The molecule has 0 spiro atoms. The van der Waals surface area contributed by atoms with Crippen molar-refractivity contribution in [3.8, 4) is 0 Å². The summed E-state index contributed by atoms with van der Waals surface area (Å²) >= 11 is 5.68. The van der Waals surface area contributed by atoms with Gasteiger partial charge in [-0.2, -0.15) is 0 Å². The molecule has 0 aliphatic rings. The smallest absolute Gasteiger partial charge is 0.152 e. The molecule has 1 heterocycles. The van der Waals surface area contributed by atoms with Crippen molar-refractivity contribution < 1.29 is 4.79 Å². The lowest BCUT2D eigenvalue weighted by molar-refractivity contribution is 0.112. The van der Waals surface area contributed by atoms with Gasteiger partial charge < -0.3 is 4.57 Å². The van der Waals surface area contributed by atoms with E-state index < -0.39 is 0 Å². The lowest BCUT2D eigenvalue weighted by atomic mass is 10.1. The van der Waals surface area contributed by atoms with Gasteiger partial charge in [0, 0.05) is 23.0 Å². The van der Waals surface area contributed by atoms with Gasteiger partial charge in [-0.15, -0.1) is 11.6 Å². The third-order valence-electron chi connectivity index (χ3n) is 1.84. The Balaban J connectivity index is 3.41. The minimum absolute atomic E-state index is 0.302. The number of hydrogen-bond acceptors (Lipinski definition) is 1. The molecule has 2 nitrogen and oxygen atoms in total. The molecule has 0 bridgehead atoms. The summed E-state index contributed by atoms with van der Waals surface area (Å²) < 4.78 is 1.75. The Labute approximate surface area is 82.1 Å². The fraction of sp³-hybridized carbons (Fsp3) is 0.100. The summed E-state index contributed by atoms with van der Waals surface area (Å²) in [5.41, 5.74) is 2.20. The average molecular weight is 196 g/mol. The van der Waals surface area contributed by atoms with Crippen LogP contribution in [0.25, 0.3) is 12.2 Å². The zero-order chi connectivity index (χ0) is 9.84. The summed E-state index contributed by atoms with van der Waals surface area (Å²) in [6.45, 7) is 7.29. The molecule has 1 aromatic rings. The van der Waals surface area contributed by atoms with Crippen molar-refractivity contribution >= 4 is 30.0 Å². The second-order valence-electron chi connectivity index (χ2n) is 2.50. The lowest BCUT2D eigenvalue weighted by Crippen LogP contribution is -1.92. The van der Waals surface area contributed by atoms with Crippen LogP contribution in [-0.2, 0) is 6.00 Å². The van der Waals surface area contributed by atoms with Crippen LogP contribution in [0.5, 0.6) is 0 Å². The van der Waals surface area contributed by atoms with E-state index in [1.807, 2.05) is 0 Å². The maximum Gasteiger partial charge on any atom is 0.152 e. The number of aromatic nitrogens is 1. The third-order valence-corrected chi connectivity index (χ3v) is 2.10. The second-order valence-corrected chi connectivity index (χ2v) is 2.74. The van der Waals surface area contributed by atoms with Crippen molar-refractivity contribution in [1.29, 1.82) is 0 Å². The third kappa shape index (κ3) is 1.58. The van der Waals surface area contributed by atoms with Gasteiger partial charge in [0.05, 0.1) is 6.00 Å². The van der Waals surface area contributed by atoms with Crippen LogP contribution in [0.15, 0.2) is 19.4 Å². The van der Waals surface area contributed by atoms with Crippen molar-refractivity contribution in [2.75, 3.05) is 0 Å². The predicted octanol–water partition coefficient (Wildman–Crippen LogP) is 2.78. The number of carbonyl (C=O) groups excluding carboxylic acids is 1. The second kappa shape index (κ2) is 4.10. The number of nitrogens with zero attached hydrogens (tertiary/aromatic N) is 1. The Kier molecular flexibility index (Phi) is 3.09. The molecule has 3 heteroatoms. The molecule has 0 aromatic carbocycles. The zero-order valence-corrected chi connectivity index (χ0v) is 7.92. The van der Waals surface area contributed by atoms with E-state index in [0.717, 1.165) is 17.5 Å². The normalized spacial score (nSPS) is 9.62. The lowest BCUT2D eigenvalue weighted by Gasteiger charge is -1.99. The van der Waals surface area contributed by atoms with Gasteiger partial charge in [-0.05, 0) is 6.08 Å². The minimum atomic E-state index is 0.302. The summed E-state index contributed by atoms with van der Waals surface area (Å²) in [4.78, 5) is 10.6. The average Bonchev–Trinajstić information content (AvgIpc) is 2.54. The van der Waals surface area contributed by atoms with Gasteiger partial charge in [0.15, 0.2) is 6.29 Å². The quantitative estimate of drug-likeness (QED) is 0.535. The van der Waals surface area contributed by atoms with Crippen LogP contribution < -0.4 is 0 Å². The summed E-state index contributed by atoms with van der Waals surface area (Å²) in [6.07, 6.45) is 5.76. The van der Waals surface area contributed by atoms with Crippen molar-refractivity contribution in [3.05, 3.63) is 36.2 Å². The fourth-order valence-corrected chi connectivity index (χ4v) is 1.45. The molecule has 0 N–H and O–H groups in total. The molecule has 0 saturated heterocycles. The largest absolute Gasteiger partial charge is 0.333 e. The van der Waals surface area contributed by atoms with Gasteiger partial charge >= 0.3 is 0 Å². The van der Waals surface area contributed by atoms with Gasteiger partial charge in [0.2, 0.25) is 0 Å². The van der Waals surface area contributed by atoms with Crippen LogP contribution in [0.1, 0.15) is 21.6 Å². The van der Waals surface area contributed by atoms with Crippen LogP contribution in [0.3, 0.4) is 0 Å². The van der Waals surface area contributed by atoms with Gasteiger partial charge in [-0.3, -0.25) is 4.79 Å². The minimum Gasteiger partial charge on any atom is -0.333 e. The summed E-state index contributed by atoms with van der Waals surface area (Å²) in [5, 5.41) is 0. The Hall–Kier alpha value is -1.28. The van der Waals surface area contributed by atoms with Crippen LogP contribution in [0.4, 0.5) is 0 Å². The van der Waals surface area contributed by atoms with Crippen LogP contribution in [-0.4, -0.2) is 10.9 Å². The first-order valence-electron chi connectivity index (χ1n) is 3.77. The molecule has 0 aliphatic carbocycles. The van der Waals surface area contributed by atoms with Crippen molar-refractivity contribution in [3.63, 3.8) is 0 Å². The highest BCUT2D eigenvalue weighted by Crippen LogP contribution is 2.19. The van der Waals surface area contributed by atoms with E-state index in [9.17, 15) is 4.79 Å². The molecule has 0 saturated carbocycles. The molecule has 68 valence electrons. The number of carbonyl (C=O) groups is 1. The Morgan fingerprint density at radius 1 is 1.46 bits per heavy atom. The zero-order valence-electron chi connectivity index (χ0n) is 7.16. The summed E-state index contributed by atoms with van der Waals surface area (Å²) in [7, 11) is 0. The van der Waals surface area contributed by atoms with Crippen LogP contribution >= 0.6 is 11.6 Å². The Morgan fingerprint density at radius 2 is 2.15 bits per heavy atom. The first-order chi connectivity index (χ1) is 6.28. The first-order valence-corrected chi connectivity index (χ1v) is 4.31. The van der Waals surface area contributed by atoms with E-state index >= 15 is 0 Å². The number of rotatable bonds is 4. The van der Waals surface area contributed by atoms with Gasteiger partial charge in [-0.25, -0.2) is 0 Å². The highest BCUT2D eigenvalue weighted by Gasteiger charge is 2.09. The monoisotopic (exact) mass is 195 g/mol. The van der Waals surface area contributed by atoms with E-state index in [1.54, 1.807) is 22.9 Å². The topological polar surface area (TPSA) is 22.0 Å². The molecule has 0 fully saturated rings. The van der Waals surface area contributed by atoms with Crippen molar-refractivity contribution in [1.82, 2.24) is 4.57 Å². The molecule has 0 aliphatic heterocycles. The predicted molar refractivity (Wildman–Crippen MR) is 55.9 cm³/mol. The fourth-order valence-electron chi connectivity index (χ4n) is 1.25. The molecule has 0 radical (unpaired) electrons. The molecule has 0 unspecified atom stereocenters. The van der Waals surface area contributed by atoms with Crippen LogP contribution in [0, 0.1) is 0 Å². The maximum absolute atomic E-state index is 10.6. The van der Waals surface area contributed by atoms with Gasteiger partial charge in [0.25, 0.3) is 0 Å². The maximum atomic E-state index is 10.6. The van der Waals surface area contributed by atoms with Gasteiger partial charge in [0.1, 0.15) is 0 Å². The highest BCUT2D eigenvalue weighted by atomic mass is 35.5. The standard InChI is InChI=1S/C10H10ClNO/c1-3-9-8(6-13)5-12(7-11)10(9)4-2/h3-6H,1-2,7H2. The van der Waals surface area contributed by atoms with E-state index in [4.69, 9.17) is 11.6 Å². The number of aldehydes is 1. The van der Waals surface area contributed by atoms with Crippen molar-refractivity contribution in [2.45, 2.75) is 6.00 Å². The van der Waals surface area contributed by atoms with E-state index in [2.05, 4.69) is 13.2 Å². The summed E-state index contributed by atoms with van der Waals surface area (Å²) in [6, 6.07) is 0.302. The molecular weight excluding hydrogens is 186 g/mol. The molecule has 0 amide bonds. The molecule has 0 atom stereocenters. The Bertz CT molecular complexity index is 352. The van der Waals surface area contributed by atoms with Gasteiger partial charge in [-0.1, -0.05) is 19.2 Å². The SMILES string of the molecule is C=Cc1c(C=O)cn(CCl)c1C=C. The molecule has 1 aromatic heterocycles. The Morgan fingerprint density at radius 3 is 2.54 bits per heavy atom. The van der Waals surface area contributed by atoms with E-state index in [-0.39, 0.29) is 0 Å². The number of alkyl halides is 1. The van der Waals surface area contributed by atoms with E-state index in [0.29, 0.717) is 11.6 Å². The molecule has 1 rings (SSSR count). The molecular formula is C10H10ClNO. The molecule has 13 heavy (non-hydrogen) atoms. The number of halogens is 1. The summed E-state index contributed by atoms with van der Waals surface area (Å²) in [5.74, 6) is 0.